The summed E-state index contributed by atoms with van der Waals surface area (Å²) in [7, 11) is 0. The molecule has 0 aromatic heterocycles. The lowest BCUT2D eigenvalue weighted by atomic mass is 9.49. The SMILES string of the molecule is C[C@H](NCc1ccccc1)C1CC[C@H]2[C@@H]3CC[C@@H]4C[C@](C)(O)CC[C@@H]4[C@H]3CC[C@]12C. The van der Waals surface area contributed by atoms with Gasteiger partial charge in [0.05, 0.1) is 5.60 Å². The summed E-state index contributed by atoms with van der Waals surface area (Å²) in [6.07, 6.45) is 11.9. The Morgan fingerprint density at radius 1 is 0.933 bits per heavy atom. The zero-order chi connectivity index (χ0) is 20.9. The predicted octanol–water partition coefficient (Wildman–Crippen LogP) is 6.18. The van der Waals surface area contributed by atoms with Gasteiger partial charge in [-0.3, -0.25) is 0 Å². The van der Waals surface area contributed by atoms with Crippen LogP contribution in [0.15, 0.2) is 30.3 Å². The number of aliphatic hydroxyl groups is 1. The molecule has 0 aliphatic heterocycles. The largest absolute Gasteiger partial charge is 0.390 e. The fourth-order valence-electron chi connectivity index (χ4n) is 8.96. The molecule has 166 valence electrons. The van der Waals surface area contributed by atoms with Crippen LogP contribution in [0.2, 0.25) is 0 Å². The Kier molecular flexibility index (Phi) is 5.55. The molecule has 1 aromatic carbocycles. The van der Waals surface area contributed by atoms with Crippen LogP contribution in [0.4, 0.5) is 0 Å². The van der Waals surface area contributed by atoms with Gasteiger partial charge < -0.3 is 10.4 Å². The molecular weight excluding hydrogens is 366 g/mol. The number of hydrogen-bond acceptors (Lipinski definition) is 2. The van der Waals surface area contributed by atoms with E-state index in [0.29, 0.717) is 11.5 Å². The molecule has 1 unspecified atom stereocenters. The van der Waals surface area contributed by atoms with Gasteiger partial charge in [-0.05, 0) is 118 Å². The monoisotopic (exact) mass is 409 g/mol. The molecule has 0 amide bonds. The van der Waals surface area contributed by atoms with E-state index >= 15 is 0 Å². The van der Waals surface area contributed by atoms with Crippen LogP contribution < -0.4 is 5.32 Å². The summed E-state index contributed by atoms with van der Waals surface area (Å²) >= 11 is 0. The summed E-state index contributed by atoms with van der Waals surface area (Å²) in [6, 6.07) is 11.5. The summed E-state index contributed by atoms with van der Waals surface area (Å²) in [5.74, 6) is 5.36. The third-order valence-electron chi connectivity index (χ3n) is 10.4. The van der Waals surface area contributed by atoms with Gasteiger partial charge in [-0.1, -0.05) is 37.3 Å². The zero-order valence-electron chi connectivity index (χ0n) is 19.4. The fraction of sp³-hybridized carbons (Fsp3) is 0.786. The molecule has 5 rings (SSSR count). The van der Waals surface area contributed by atoms with Crippen LogP contribution in [0.1, 0.15) is 84.1 Å². The molecule has 1 aromatic rings. The van der Waals surface area contributed by atoms with E-state index < -0.39 is 5.60 Å². The highest BCUT2D eigenvalue weighted by Crippen LogP contribution is 2.65. The standard InChI is InChI=1S/C28H43NO/c1-19(29-18-20-7-5-4-6-8-20)25-11-12-26-24-10-9-21-17-27(2,30)15-13-22(21)23(24)14-16-28(25,26)3/h4-8,19,21-26,29-30H,9-18H2,1-3H3/t19-,21+,22-,23+,24+,25?,26-,27+,28+/m0/s1. The minimum absolute atomic E-state index is 0.393. The van der Waals surface area contributed by atoms with Crippen molar-refractivity contribution in [3.8, 4) is 0 Å². The maximum atomic E-state index is 10.6. The third-order valence-corrected chi connectivity index (χ3v) is 10.4. The van der Waals surface area contributed by atoms with E-state index in [-0.39, 0.29) is 0 Å². The normalized spacial score (nSPS) is 46.5. The molecule has 0 heterocycles. The number of hydrogen-bond donors (Lipinski definition) is 2. The van der Waals surface area contributed by atoms with E-state index in [1.165, 1.54) is 50.5 Å². The first-order chi connectivity index (χ1) is 14.4. The first kappa shape index (κ1) is 21.0. The maximum Gasteiger partial charge on any atom is 0.0622 e. The highest BCUT2D eigenvalue weighted by atomic mass is 16.3. The van der Waals surface area contributed by atoms with Gasteiger partial charge in [0.25, 0.3) is 0 Å². The molecule has 0 bridgehead atoms. The van der Waals surface area contributed by atoms with Gasteiger partial charge in [0.2, 0.25) is 0 Å². The van der Waals surface area contributed by atoms with Gasteiger partial charge in [-0.2, -0.15) is 0 Å². The van der Waals surface area contributed by atoms with Crippen molar-refractivity contribution in [1.82, 2.24) is 5.32 Å². The topological polar surface area (TPSA) is 32.3 Å². The Hall–Kier alpha value is -0.860. The molecule has 2 N–H and O–H groups in total. The van der Waals surface area contributed by atoms with E-state index in [0.717, 1.165) is 54.9 Å². The van der Waals surface area contributed by atoms with Crippen LogP contribution in [-0.2, 0) is 6.54 Å². The highest BCUT2D eigenvalue weighted by Gasteiger charge is 2.58. The summed E-state index contributed by atoms with van der Waals surface area (Å²) in [5.41, 5.74) is 1.53. The fourth-order valence-corrected chi connectivity index (χ4v) is 8.96. The van der Waals surface area contributed by atoms with Crippen molar-refractivity contribution in [2.75, 3.05) is 0 Å². The summed E-state index contributed by atoms with van der Waals surface area (Å²) in [5, 5.41) is 14.5. The van der Waals surface area contributed by atoms with Crippen molar-refractivity contribution in [3.63, 3.8) is 0 Å². The number of nitrogens with one attached hydrogen (secondary N) is 1. The molecule has 4 saturated carbocycles. The molecule has 9 atom stereocenters. The van der Waals surface area contributed by atoms with Gasteiger partial charge in [0.1, 0.15) is 0 Å². The second kappa shape index (κ2) is 7.93. The Morgan fingerprint density at radius 2 is 1.70 bits per heavy atom. The molecule has 2 nitrogen and oxygen atoms in total. The average Bonchev–Trinajstić information content (AvgIpc) is 3.09. The van der Waals surface area contributed by atoms with Crippen molar-refractivity contribution < 1.29 is 5.11 Å². The molecule has 4 aliphatic rings. The second-order valence-corrected chi connectivity index (χ2v) is 12.1. The minimum atomic E-state index is -0.393. The maximum absolute atomic E-state index is 10.6. The van der Waals surface area contributed by atoms with Crippen molar-refractivity contribution in [3.05, 3.63) is 35.9 Å². The molecule has 2 heteroatoms. The van der Waals surface area contributed by atoms with Crippen LogP contribution in [0.25, 0.3) is 0 Å². The van der Waals surface area contributed by atoms with E-state index in [2.05, 4.69) is 56.4 Å². The summed E-state index contributed by atoms with van der Waals surface area (Å²) in [6.45, 7) is 8.19. The van der Waals surface area contributed by atoms with Gasteiger partial charge >= 0.3 is 0 Å². The molecule has 0 radical (unpaired) electrons. The zero-order valence-corrected chi connectivity index (χ0v) is 19.4. The number of rotatable bonds is 4. The Morgan fingerprint density at radius 3 is 2.50 bits per heavy atom. The van der Waals surface area contributed by atoms with Crippen LogP contribution in [-0.4, -0.2) is 16.7 Å². The van der Waals surface area contributed by atoms with Crippen LogP contribution in [0, 0.1) is 40.9 Å². The second-order valence-electron chi connectivity index (χ2n) is 12.1. The van der Waals surface area contributed by atoms with Crippen LogP contribution >= 0.6 is 0 Å². The number of benzene rings is 1. The Balaban J connectivity index is 1.26. The Labute approximate surface area is 184 Å². The highest BCUT2D eigenvalue weighted by molar-refractivity contribution is 5.15. The van der Waals surface area contributed by atoms with Crippen LogP contribution in [0.5, 0.6) is 0 Å². The lowest BCUT2D eigenvalue weighted by Gasteiger charge is -2.57. The van der Waals surface area contributed by atoms with Crippen molar-refractivity contribution >= 4 is 0 Å². The molecule has 30 heavy (non-hydrogen) atoms. The van der Waals surface area contributed by atoms with E-state index in [1.54, 1.807) is 0 Å². The van der Waals surface area contributed by atoms with Gasteiger partial charge in [-0.25, -0.2) is 0 Å². The molecular formula is C28H43NO. The first-order valence-corrected chi connectivity index (χ1v) is 12.9. The Bertz CT molecular complexity index is 729. The van der Waals surface area contributed by atoms with Crippen molar-refractivity contribution in [2.45, 2.75) is 96.7 Å². The van der Waals surface area contributed by atoms with E-state index in [9.17, 15) is 5.11 Å². The van der Waals surface area contributed by atoms with Crippen molar-refractivity contribution in [1.29, 1.82) is 0 Å². The van der Waals surface area contributed by atoms with Gasteiger partial charge in [0, 0.05) is 12.6 Å². The summed E-state index contributed by atoms with van der Waals surface area (Å²) < 4.78 is 0. The molecule has 4 aliphatic carbocycles. The van der Waals surface area contributed by atoms with Gasteiger partial charge in [-0.15, -0.1) is 0 Å². The first-order valence-electron chi connectivity index (χ1n) is 12.9. The van der Waals surface area contributed by atoms with E-state index in [1.807, 2.05) is 0 Å². The quantitative estimate of drug-likeness (QED) is 0.622. The molecule has 4 fully saturated rings. The lowest BCUT2D eigenvalue weighted by Crippen LogP contribution is -2.52. The van der Waals surface area contributed by atoms with Crippen LogP contribution in [0.3, 0.4) is 0 Å². The minimum Gasteiger partial charge on any atom is -0.390 e. The van der Waals surface area contributed by atoms with E-state index in [4.69, 9.17) is 0 Å². The third kappa shape index (κ3) is 3.66. The summed E-state index contributed by atoms with van der Waals surface area (Å²) in [4.78, 5) is 0. The molecule has 0 saturated heterocycles. The molecule has 0 spiro atoms. The lowest BCUT2D eigenvalue weighted by molar-refractivity contribution is -0.101. The average molecular weight is 410 g/mol. The predicted molar refractivity (Wildman–Crippen MR) is 124 cm³/mol. The number of fused-ring (bicyclic) bond motifs is 5. The van der Waals surface area contributed by atoms with Gasteiger partial charge in [0.15, 0.2) is 0 Å². The smallest absolute Gasteiger partial charge is 0.0622 e. The van der Waals surface area contributed by atoms with Crippen molar-refractivity contribution in [2.24, 2.45) is 40.9 Å².